The highest BCUT2D eigenvalue weighted by molar-refractivity contribution is 7.89. The van der Waals surface area contributed by atoms with Crippen LogP contribution in [0.1, 0.15) is 44.8 Å². The summed E-state index contributed by atoms with van der Waals surface area (Å²) in [6, 6.07) is 5.26. The van der Waals surface area contributed by atoms with Crippen molar-refractivity contribution < 1.29 is 13.2 Å². The lowest BCUT2D eigenvalue weighted by atomic mass is 10.0. The molecule has 5 nitrogen and oxygen atoms in total. The molecule has 1 aliphatic rings. The van der Waals surface area contributed by atoms with Gasteiger partial charge < -0.3 is 4.74 Å². The van der Waals surface area contributed by atoms with Gasteiger partial charge in [-0.25, -0.2) is 13.1 Å². The number of pyridine rings is 1. The minimum atomic E-state index is -3.33. The Kier molecular flexibility index (Phi) is 5.72. The summed E-state index contributed by atoms with van der Waals surface area (Å²) in [4.78, 5) is 4.27. The largest absolute Gasteiger partial charge is 0.378 e. The lowest BCUT2D eigenvalue weighted by Crippen LogP contribution is -2.34. The molecule has 2 atom stereocenters. The van der Waals surface area contributed by atoms with E-state index < -0.39 is 10.0 Å². The molecule has 0 saturated carbocycles. The van der Waals surface area contributed by atoms with Gasteiger partial charge in [0.1, 0.15) is 0 Å². The smallest absolute Gasteiger partial charge is 0.212 e. The van der Waals surface area contributed by atoms with Crippen molar-refractivity contribution in [2.45, 2.75) is 45.3 Å². The van der Waals surface area contributed by atoms with Crippen LogP contribution >= 0.6 is 0 Å². The van der Waals surface area contributed by atoms with Gasteiger partial charge in [0.15, 0.2) is 0 Å². The van der Waals surface area contributed by atoms with E-state index in [0.29, 0.717) is 6.42 Å². The maximum absolute atomic E-state index is 12.3. The van der Waals surface area contributed by atoms with Crippen LogP contribution in [0.3, 0.4) is 0 Å². The van der Waals surface area contributed by atoms with E-state index in [1.165, 1.54) is 0 Å². The summed E-state index contributed by atoms with van der Waals surface area (Å²) >= 11 is 0. The molecule has 0 bridgehead atoms. The number of rotatable bonds is 7. The summed E-state index contributed by atoms with van der Waals surface area (Å²) in [5.41, 5.74) is 0.758. The number of hydrogen-bond acceptors (Lipinski definition) is 4. The van der Waals surface area contributed by atoms with Crippen molar-refractivity contribution in [2.24, 2.45) is 5.92 Å². The van der Waals surface area contributed by atoms with E-state index in [-0.39, 0.29) is 23.8 Å². The fourth-order valence-electron chi connectivity index (χ4n) is 2.51. The lowest BCUT2D eigenvalue weighted by Gasteiger charge is -2.22. The van der Waals surface area contributed by atoms with E-state index in [1.54, 1.807) is 6.20 Å². The number of nitrogens with one attached hydrogen (secondary N) is 1. The first-order valence-corrected chi connectivity index (χ1v) is 9.16. The molecule has 1 saturated heterocycles. The molecule has 0 unspecified atom stereocenters. The Labute approximate surface area is 127 Å². The highest BCUT2D eigenvalue weighted by atomic mass is 32.2. The number of sulfonamides is 1. The average Bonchev–Trinajstić information content (AvgIpc) is 2.97. The summed E-state index contributed by atoms with van der Waals surface area (Å²) in [7, 11) is -3.33. The Balaban J connectivity index is 1.98. The zero-order valence-corrected chi connectivity index (χ0v) is 13.5. The van der Waals surface area contributed by atoms with Crippen LogP contribution in [0, 0.1) is 5.92 Å². The molecule has 1 aliphatic heterocycles. The molecule has 1 aromatic heterocycles. The standard InChI is InChI=1S/C15H24N2O3S/c1-12(2)15(14-7-3-4-9-16-14)17-21(18,19)11-8-13-6-5-10-20-13/h3-4,7,9,12-13,15,17H,5-6,8,10-11H2,1-2H3/t13-,15+/m1/s1. The van der Waals surface area contributed by atoms with E-state index in [4.69, 9.17) is 4.74 Å². The Morgan fingerprint density at radius 3 is 2.81 bits per heavy atom. The highest BCUT2D eigenvalue weighted by Crippen LogP contribution is 2.21. The first-order valence-electron chi connectivity index (χ1n) is 7.50. The van der Waals surface area contributed by atoms with Gasteiger partial charge in [0.25, 0.3) is 0 Å². The van der Waals surface area contributed by atoms with Crippen molar-refractivity contribution in [1.82, 2.24) is 9.71 Å². The molecule has 2 rings (SSSR count). The molecule has 0 amide bonds. The first kappa shape index (κ1) is 16.4. The van der Waals surface area contributed by atoms with E-state index in [0.717, 1.165) is 25.1 Å². The number of nitrogens with zero attached hydrogens (tertiary/aromatic N) is 1. The highest BCUT2D eigenvalue weighted by Gasteiger charge is 2.25. The Bertz CT molecular complexity index is 525. The molecular weight excluding hydrogens is 288 g/mol. The second-order valence-electron chi connectivity index (χ2n) is 5.84. The van der Waals surface area contributed by atoms with Gasteiger partial charge >= 0.3 is 0 Å². The fraction of sp³-hybridized carbons (Fsp3) is 0.667. The first-order chi connectivity index (χ1) is 9.98. The van der Waals surface area contributed by atoms with E-state index in [1.807, 2.05) is 32.0 Å². The van der Waals surface area contributed by atoms with Crippen molar-refractivity contribution in [3.63, 3.8) is 0 Å². The van der Waals surface area contributed by atoms with Crippen molar-refractivity contribution in [3.8, 4) is 0 Å². The van der Waals surface area contributed by atoms with Crippen LogP contribution in [-0.2, 0) is 14.8 Å². The zero-order chi connectivity index (χ0) is 15.3. The van der Waals surface area contributed by atoms with Crippen LogP contribution in [0.2, 0.25) is 0 Å². The SMILES string of the molecule is CC(C)[C@H](NS(=O)(=O)CC[C@H]1CCCO1)c1ccccn1. The van der Waals surface area contributed by atoms with Gasteiger partial charge in [-0.2, -0.15) is 0 Å². The number of ether oxygens (including phenoxy) is 1. The molecule has 1 N–H and O–H groups in total. The number of aromatic nitrogens is 1. The summed E-state index contributed by atoms with van der Waals surface area (Å²) in [6.45, 7) is 4.73. The molecule has 1 fully saturated rings. The van der Waals surface area contributed by atoms with Gasteiger partial charge in [0.2, 0.25) is 10.0 Å². The van der Waals surface area contributed by atoms with Crippen molar-refractivity contribution in [2.75, 3.05) is 12.4 Å². The fourth-order valence-corrected chi connectivity index (χ4v) is 3.98. The predicted octanol–water partition coefficient (Wildman–Crippen LogP) is 2.27. The van der Waals surface area contributed by atoms with Crippen molar-refractivity contribution >= 4 is 10.0 Å². The molecule has 1 aromatic rings. The summed E-state index contributed by atoms with van der Waals surface area (Å²) < 4.78 is 32.8. The van der Waals surface area contributed by atoms with E-state index >= 15 is 0 Å². The van der Waals surface area contributed by atoms with E-state index in [9.17, 15) is 8.42 Å². The zero-order valence-electron chi connectivity index (χ0n) is 12.7. The number of hydrogen-bond donors (Lipinski definition) is 1. The van der Waals surface area contributed by atoms with Crippen molar-refractivity contribution in [3.05, 3.63) is 30.1 Å². The van der Waals surface area contributed by atoms with Crippen molar-refractivity contribution in [1.29, 1.82) is 0 Å². The lowest BCUT2D eigenvalue weighted by molar-refractivity contribution is 0.108. The molecule has 21 heavy (non-hydrogen) atoms. The Morgan fingerprint density at radius 2 is 2.24 bits per heavy atom. The third-order valence-electron chi connectivity index (χ3n) is 3.71. The van der Waals surface area contributed by atoms with Crippen LogP contribution in [0.25, 0.3) is 0 Å². The van der Waals surface area contributed by atoms with Gasteiger partial charge in [-0.15, -0.1) is 0 Å². The van der Waals surface area contributed by atoms with Crippen LogP contribution in [-0.4, -0.2) is 31.9 Å². The van der Waals surface area contributed by atoms with Crippen LogP contribution in [0.4, 0.5) is 0 Å². The second kappa shape index (κ2) is 7.33. The topological polar surface area (TPSA) is 68.3 Å². The monoisotopic (exact) mass is 312 g/mol. The Morgan fingerprint density at radius 1 is 1.43 bits per heavy atom. The summed E-state index contributed by atoms with van der Waals surface area (Å²) in [5.74, 6) is 0.241. The summed E-state index contributed by atoms with van der Waals surface area (Å²) in [5, 5.41) is 0. The maximum atomic E-state index is 12.3. The van der Waals surface area contributed by atoms with E-state index in [2.05, 4.69) is 9.71 Å². The molecule has 0 aliphatic carbocycles. The van der Waals surface area contributed by atoms with Gasteiger partial charge in [0, 0.05) is 12.8 Å². The molecule has 0 aromatic carbocycles. The third-order valence-corrected chi connectivity index (χ3v) is 5.10. The van der Waals surface area contributed by atoms with Crippen LogP contribution < -0.4 is 4.72 Å². The maximum Gasteiger partial charge on any atom is 0.212 e. The molecule has 2 heterocycles. The van der Waals surface area contributed by atoms with Gasteiger partial charge in [0.05, 0.1) is 23.6 Å². The minimum absolute atomic E-state index is 0.0916. The Hall–Kier alpha value is -0.980. The van der Waals surface area contributed by atoms with Crippen LogP contribution in [0.15, 0.2) is 24.4 Å². The van der Waals surface area contributed by atoms with Gasteiger partial charge in [-0.1, -0.05) is 19.9 Å². The summed E-state index contributed by atoms with van der Waals surface area (Å²) in [6.07, 6.45) is 4.33. The normalized spacial score (nSPS) is 20.8. The third kappa shape index (κ3) is 5.05. The van der Waals surface area contributed by atoms with Gasteiger partial charge in [-0.05, 0) is 37.3 Å². The average molecular weight is 312 g/mol. The minimum Gasteiger partial charge on any atom is -0.378 e. The molecule has 0 radical (unpaired) electrons. The van der Waals surface area contributed by atoms with Gasteiger partial charge in [-0.3, -0.25) is 4.98 Å². The quantitative estimate of drug-likeness (QED) is 0.838. The molecule has 118 valence electrons. The molecule has 6 heteroatoms. The second-order valence-corrected chi connectivity index (χ2v) is 7.71. The molecular formula is C15H24N2O3S. The van der Waals surface area contributed by atoms with Crippen LogP contribution in [0.5, 0.6) is 0 Å². The predicted molar refractivity (Wildman–Crippen MR) is 82.3 cm³/mol. The molecule has 0 spiro atoms.